The molecular weight excluding hydrogens is 326 g/mol. The standard InChI is InChI=1S/C17H19N3O5/c1-2-25-9-8-18-11-5-3-4-10-14(11)17(24)20(16(10)23)12-6-7-13(21)19-15(12)22/h3-5,12,18H,2,6-9H2,1H3,(H,19,21,22)/i1T. The minimum Gasteiger partial charge on any atom is -0.382 e. The van der Waals surface area contributed by atoms with Crippen LogP contribution in [0.25, 0.3) is 0 Å². The average molecular weight is 347 g/mol. The van der Waals surface area contributed by atoms with Gasteiger partial charge < -0.3 is 10.1 Å². The Balaban J connectivity index is 1.78. The molecule has 1 aromatic rings. The minimum atomic E-state index is -0.978. The maximum atomic E-state index is 12.8. The van der Waals surface area contributed by atoms with Gasteiger partial charge >= 0.3 is 0 Å². The van der Waals surface area contributed by atoms with Crippen LogP contribution >= 0.6 is 0 Å². The number of benzene rings is 1. The van der Waals surface area contributed by atoms with E-state index in [-0.39, 0.29) is 30.9 Å². The van der Waals surface area contributed by atoms with Gasteiger partial charge in [-0.2, -0.15) is 0 Å². The molecule has 4 amide bonds. The molecule has 0 radical (unpaired) electrons. The number of hydrogen-bond donors (Lipinski definition) is 2. The fraction of sp³-hybridized carbons (Fsp3) is 0.412. The molecule has 1 saturated heterocycles. The molecule has 2 heterocycles. The lowest BCUT2D eigenvalue weighted by Gasteiger charge is -2.27. The lowest BCUT2D eigenvalue weighted by molar-refractivity contribution is -0.136. The number of nitrogens with one attached hydrogen (secondary N) is 2. The predicted octanol–water partition coefficient (Wildman–Crippen LogP) is 0.536. The highest BCUT2D eigenvalue weighted by Crippen LogP contribution is 2.32. The molecule has 0 aromatic heterocycles. The van der Waals surface area contributed by atoms with Gasteiger partial charge in [0.1, 0.15) is 6.04 Å². The van der Waals surface area contributed by atoms with E-state index in [1.54, 1.807) is 18.2 Å². The van der Waals surface area contributed by atoms with Crippen molar-refractivity contribution in [2.75, 3.05) is 25.1 Å². The Morgan fingerprint density at radius 1 is 1.32 bits per heavy atom. The highest BCUT2D eigenvalue weighted by atomic mass is 16.5. The molecule has 25 heavy (non-hydrogen) atoms. The van der Waals surface area contributed by atoms with E-state index in [2.05, 4.69) is 10.6 Å². The van der Waals surface area contributed by atoms with Crippen LogP contribution in [0.5, 0.6) is 0 Å². The van der Waals surface area contributed by atoms with Crippen molar-refractivity contribution >= 4 is 29.3 Å². The van der Waals surface area contributed by atoms with Gasteiger partial charge in [0.2, 0.25) is 11.8 Å². The Bertz CT molecular complexity index is 767. The highest BCUT2D eigenvalue weighted by Gasteiger charge is 2.45. The van der Waals surface area contributed by atoms with Crippen molar-refractivity contribution in [3.63, 3.8) is 0 Å². The predicted molar refractivity (Wildman–Crippen MR) is 88.1 cm³/mol. The first-order valence-corrected chi connectivity index (χ1v) is 8.00. The van der Waals surface area contributed by atoms with Gasteiger partial charge in [-0.25, -0.2) is 0 Å². The van der Waals surface area contributed by atoms with Crippen molar-refractivity contribution in [3.8, 4) is 0 Å². The van der Waals surface area contributed by atoms with E-state index in [4.69, 9.17) is 6.11 Å². The summed E-state index contributed by atoms with van der Waals surface area (Å²) in [7, 11) is 0. The molecule has 0 aliphatic carbocycles. The monoisotopic (exact) mass is 347 g/mol. The summed E-state index contributed by atoms with van der Waals surface area (Å²) >= 11 is 0. The van der Waals surface area contributed by atoms with Gasteiger partial charge in [-0.15, -0.1) is 0 Å². The molecule has 1 atom stereocenters. The second kappa shape index (κ2) is 7.02. The number of imide groups is 2. The van der Waals surface area contributed by atoms with Crippen LogP contribution < -0.4 is 10.6 Å². The summed E-state index contributed by atoms with van der Waals surface area (Å²) in [5, 5.41) is 5.23. The molecule has 0 spiro atoms. The summed E-state index contributed by atoms with van der Waals surface area (Å²) in [6.07, 6.45) is 0.210. The molecule has 2 aliphatic rings. The Hall–Kier alpha value is -2.74. The van der Waals surface area contributed by atoms with Crippen LogP contribution in [0.1, 0.15) is 41.8 Å². The van der Waals surface area contributed by atoms with Gasteiger partial charge in [0, 0.05) is 26.6 Å². The lowest BCUT2D eigenvalue weighted by atomic mass is 10.0. The van der Waals surface area contributed by atoms with Crippen molar-refractivity contribution in [2.24, 2.45) is 0 Å². The van der Waals surface area contributed by atoms with Gasteiger partial charge in [-0.3, -0.25) is 29.4 Å². The number of fused-ring (bicyclic) bond motifs is 1. The highest BCUT2D eigenvalue weighted by molar-refractivity contribution is 6.25. The van der Waals surface area contributed by atoms with Crippen LogP contribution in [0.15, 0.2) is 18.2 Å². The Kier molecular flexibility index (Phi) is 4.43. The second-order valence-corrected chi connectivity index (χ2v) is 5.71. The fourth-order valence-corrected chi connectivity index (χ4v) is 3.02. The van der Waals surface area contributed by atoms with E-state index >= 15 is 0 Å². The normalized spacial score (nSPS) is 20.4. The lowest BCUT2D eigenvalue weighted by Crippen LogP contribution is -2.54. The molecule has 3 rings (SSSR count). The van der Waals surface area contributed by atoms with Gasteiger partial charge in [-0.1, -0.05) is 6.07 Å². The third kappa shape index (κ3) is 3.12. The first-order valence-electron chi connectivity index (χ1n) is 8.70. The van der Waals surface area contributed by atoms with Crippen molar-refractivity contribution in [2.45, 2.75) is 25.8 Å². The smallest absolute Gasteiger partial charge is 0.264 e. The number of hydrogen-bond acceptors (Lipinski definition) is 6. The van der Waals surface area contributed by atoms with E-state index in [1.807, 2.05) is 0 Å². The number of nitrogens with zero attached hydrogens (tertiary/aromatic N) is 1. The fourth-order valence-electron chi connectivity index (χ4n) is 3.02. The van der Waals surface area contributed by atoms with Crippen LogP contribution in [0, 0.1) is 0 Å². The van der Waals surface area contributed by atoms with E-state index in [0.717, 1.165) is 4.90 Å². The number of carbonyl (C=O) groups is 4. The van der Waals surface area contributed by atoms with E-state index in [0.29, 0.717) is 25.4 Å². The number of piperidine rings is 1. The van der Waals surface area contributed by atoms with E-state index < -0.39 is 29.7 Å². The molecule has 1 fully saturated rings. The second-order valence-electron chi connectivity index (χ2n) is 5.71. The topological polar surface area (TPSA) is 105 Å². The summed E-state index contributed by atoms with van der Waals surface area (Å²) in [5.74, 6) is -2.12. The summed E-state index contributed by atoms with van der Waals surface area (Å²) in [5.41, 5.74) is 0.949. The molecule has 1 unspecified atom stereocenters. The zero-order valence-corrected chi connectivity index (χ0v) is 13.5. The van der Waals surface area contributed by atoms with Crippen molar-refractivity contribution < 1.29 is 25.3 Å². The van der Waals surface area contributed by atoms with E-state index in [9.17, 15) is 19.2 Å². The average Bonchev–Trinajstić information content (AvgIpc) is 2.87. The Morgan fingerprint density at radius 2 is 2.16 bits per heavy atom. The first-order chi connectivity index (χ1) is 12.5. The van der Waals surface area contributed by atoms with Crippen LogP contribution in [-0.2, 0) is 14.3 Å². The largest absolute Gasteiger partial charge is 0.382 e. The Morgan fingerprint density at radius 3 is 2.92 bits per heavy atom. The van der Waals surface area contributed by atoms with Gasteiger partial charge in [-0.05, 0) is 25.5 Å². The minimum absolute atomic E-state index is 0.0856. The van der Waals surface area contributed by atoms with E-state index in [1.165, 1.54) is 0 Å². The van der Waals surface area contributed by atoms with Crippen LogP contribution in [-0.4, -0.2) is 54.3 Å². The molecule has 8 nitrogen and oxygen atoms in total. The molecule has 2 aliphatic heterocycles. The summed E-state index contributed by atoms with van der Waals surface area (Å²) in [4.78, 5) is 49.8. The summed E-state index contributed by atoms with van der Waals surface area (Å²) in [6.45, 7) is 1.28. The number of rotatable bonds is 6. The number of amides is 4. The van der Waals surface area contributed by atoms with Crippen molar-refractivity contribution in [3.05, 3.63) is 29.3 Å². The molecule has 2 N–H and O–H groups in total. The first kappa shape index (κ1) is 15.8. The summed E-state index contributed by atoms with van der Waals surface area (Å²) < 4.78 is 12.2. The van der Waals surface area contributed by atoms with Crippen LogP contribution in [0.4, 0.5) is 5.69 Å². The van der Waals surface area contributed by atoms with Gasteiger partial charge in [0.25, 0.3) is 11.8 Å². The molecule has 0 saturated carbocycles. The van der Waals surface area contributed by atoms with Gasteiger partial charge in [0.05, 0.1) is 17.7 Å². The Labute approximate surface area is 145 Å². The zero-order chi connectivity index (χ0) is 18.7. The van der Waals surface area contributed by atoms with Crippen LogP contribution in [0.3, 0.4) is 0 Å². The number of anilines is 1. The molecular formula is C17H19N3O5. The van der Waals surface area contributed by atoms with Crippen molar-refractivity contribution in [1.82, 2.24) is 10.2 Å². The van der Waals surface area contributed by atoms with Gasteiger partial charge in [0.15, 0.2) is 0 Å². The molecule has 1 aromatic carbocycles. The summed E-state index contributed by atoms with van der Waals surface area (Å²) in [6, 6.07) is 3.91. The molecule has 8 heteroatoms. The maximum Gasteiger partial charge on any atom is 0.264 e. The number of carbonyl (C=O) groups excluding carboxylic acids is 4. The molecule has 132 valence electrons. The SMILES string of the molecule is [3H]CCOCCNc1cccc2c1C(=O)N(C1CCC(=O)NC1=O)C2=O. The number of ether oxygens (including phenoxy) is 1. The third-order valence-corrected chi connectivity index (χ3v) is 4.17. The zero-order valence-electron chi connectivity index (χ0n) is 14.5. The quantitative estimate of drug-likeness (QED) is 0.575. The molecule has 0 bridgehead atoms. The van der Waals surface area contributed by atoms with Crippen LogP contribution in [0.2, 0.25) is 0 Å². The maximum absolute atomic E-state index is 12.8. The van der Waals surface area contributed by atoms with Crippen molar-refractivity contribution in [1.29, 1.82) is 0 Å². The third-order valence-electron chi connectivity index (χ3n) is 4.17.